The summed E-state index contributed by atoms with van der Waals surface area (Å²) in [5.74, 6) is -0.906. The van der Waals surface area contributed by atoms with Crippen molar-refractivity contribution >= 4 is 39.9 Å². The zero-order valence-corrected chi connectivity index (χ0v) is 19.0. The van der Waals surface area contributed by atoms with Gasteiger partial charge in [-0.1, -0.05) is 0 Å². The van der Waals surface area contributed by atoms with E-state index in [-0.39, 0.29) is 13.2 Å². The zero-order valence-electron chi connectivity index (χ0n) is 19.0. The van der Waals surface area contributed by atoms with Gasteiger partial charge in [0.15, 0.2) is 0 Å². The lowest BCUT2D eigenvalue weighted by atomic mass is 10.1. The van der Waals surface area contributed by atoms with Gasteiger partial charge in [-0.15, -0.1) is 0 Å². The highest BCUT2D eigenvalue weighted by Gasteiger charge is 2.19. The van der Waals surface area contributed by atoms with Crippen LogP contribution in [-0.4, -0.2) is 43.2 Å². The van der Waals surface area contributed by atoms with Crippen LogP contribution in [0.2, 0.25) is 0 Å². The molecule has 3 rings (SSSR count). The largest absolute Gasteiger partial charge is 0.462 e. The van der Waals surface area contributed by atoms with Gasteiger partial charge in [-0.2, -0.15) is 0 Å². The molecule has 0 bridgehead atoms. The number of rotatable bonds is 9. The number of benzene rings is 2. The maximum atomic E-state index is 12.6. The minimum Gasteiger partial charge on any atom is -0.462 e. The van der Waals surface area contributed by atoms with E-state index in [4.69, 9.17) is 9.47 Å². The molecular formula is C25H29N3O4. The smallest absolute Gasteiger partial charge is 0.341 e. The molecule has 32 heavy (non-hydrogen) atoms. The van der Waals surface area contributed by atoms with Crippen molar-refractivity contribution in [1.29, 1.82) is 0 Å². The first-order valence-electron chi connectivity index (χ1n) is 10.9. The normalized spacial score (nSPS) is 10.6. The number of nitrogens with zero attached hydrogens (tertiary/aromatic N) is 2. The second kappa shape index (κ2) is 10.6. The van der Waals surface area contributed by atoms with Crippen molar-refractivity contribution < 1.29 is 19.1 Å². The molecule has 0 saturated carbocycles. The van der Waals surface area contributed by atoms with E-state index in [9.17, 15) is 9.59 Å². The number of fused-ring (bicyclic) bond motifs is 1. The highest BCUT2D eigenvalue weighted by molar-refractivity contribution is 6.07. The molecule has 1 N–H and O–H groups in total. The van der Waals surface area contributed by atoms with Gasteiger partial charge in [0.05, 0.1) is 30.0 Å². The molecule has 0 fully saturated rings. The third-order valence-corrected chi connectivity index (χ3v) is 5.14. The van der Waals surface area contributed by atoms with E-state index in [1.165, 1.54) is 6.20 Å². The highest BCUT2D eigenvalue weighted by Crippen LogP contribution is 2.31. The van der Waals surface area contributed by atoms with E-state index in [0.29, 0.717) is 27.7 Å². The highest BCUT2D eigenvalue weighted by atomic mass is 16.5. The predicted molar refractivity (Wildman–Crippen MR) is 127 cm³/mol. The number of aromatic nitrogens is 1. The number of pyridine rings is 1. The lowest BCUT2D eigenvalue weighted by Crippen LogP contribution is -2.21. The molecule has 0 saturated heterocycles. The molecule has 0 unspecified atom stereocenters. The molecule has 3 aromatic rings. The van der Waals surface area contributed by atoms with Gasteiger partial charge in [0, 0.05) is 36.0 Å². The van der Waals surface area contributed by atoms with Crippen LogP contribution in [0, 0.1) is 0 Å². The molecule has 7 heteroatoms. The van der Waals surface area contributed by atoms with Gasteiger partial charge in [0.25, 0.3) is 0 Å². The Labute approximate surface area is 188 Å². The summed E-state index contributed by atoms with van der Waals surface area (Å²) >= 11 is 0. The first-order chi connectivity index (χ1) is 15.5. The first kappa shape index (κ1) is 23.1. The lowest BCUT2D eigenvalue weighted by molar-refractivity contribution is 0.0518. The summed E-state index contributed by atoms with van der Waals surface area (Å²) in [4.78, 5) is 31.6. The van der Waals surface area contributed by atoms with E-state index in [1.807, 2.05) is 24.3 Å². The Balaban J connectivity index is 2.08. The van der Waals surface area contributed by atoms with E-state index in [1.54, 1.807) is 32.0 Å². The number of nitrogens with one attached hydrogen (secondary N) is 1. The molecule has 0 amide bonds. The van der Waals surface area contributed by atoms with Crippen LogP contribution in [0.5, 0.6) is 0 Å². The zero-order chi connectivity index (χ0) is 23.1. The van der Waals surface area contributed by atoms with Gasteiger partial charge in [-0.3, -0.25) is 4.98 Å². The van der Waals surface area contributed by atoms with Gasteiger partial charge in [-0.05, 0) is 70.2 Å². The van der Waals surface area contributed by atoms with Crippen molar-refractivity contribution in [2.75, 3.05) is 36.5 Å². The second-order valence-electron chi connectivity index (χ2n) is 7.06. The fraction of sp³-hybridized carbons (Fsp3) is 0.320. The minimum absolute atomic E-state index is 0.248. The van der Waals surface area contributed by atoms with Crippen LogP contribution in [0.15, 0.2) is 48.7 Å². The average Bonchev–Trinajstić information content (AvgIpc) is 2.81. The molecule has 7 nitrogen and oxygen atoms in total. The molecule has 1 heterocycles. The van der Waals surface area contributed by atoms with Gasteiger partial charge in [0.2, 0.25) is 0 Å². The Hall–Kier alpha value is -3.61. The van der Waals surface area contributed by atoms with Crippen LogP contribution in [0.3, 0.4) is 0 Å². The monoisotopic (exact) mass is 435 g/mol. The van der Waals surface area contributed by atoms with Gasteiger partial charge in [-0.25, -0.2) is 9.59 Å². The summed E-state index contributed by atoms with van der Waals surface area (Å²) in [7, 11) is 0. The summed E-state index contributed by atoms with van der Waals surface area (Å²) in [5.41, 5.74) is 3.80. The average molecular weight is 436 g/mol. The van der Waals surface area contributed by atoms with Gasteiger partial charge >= 0.3 is 11.9 Å². The number of esters is 2. The quantitative estimate of drug-likeness (QED) is 0.464. The van der Waals surface area contributed by atoms with Crippen molar-refractivity contribution in [1.82, 2.24) is 4.98 Å². The Kier molecular flexibility index (Phi) is 7.65. The minimum atomic E-state index is -0.481. The van der Waals surface area contributed by atoms with Crippen LogP contribution in [-0.2, 0) is 9.47 Å². The summed E-state index contributed by atoms with van der Waals surface area (Å²) in [6, 6.07) is 13.1. The van der Waals surface area contributed by atoms with Crippen LogP contribution in [0.4, 0.5) is 17.1 Å². The molecule has 0 radical (unpaired) electrons. The van der Waals surface area contributed by atoms with Crippen molar-refractivity contribution in [3.63, 3.8) is 0 Å². The number of carbonyl (C=O) groups is 2. The Morgan fingerprint density at radius 1 is 0.906 bits per heavy atom. The van der Waals surface area contributed by atoms with Gasteiger partial charge in [0.1, 0.15) is 5.56 Å². The van der Waals surface area contributed by atoms with Crippen molar-refractivity contribution in [2.24, 2.45) is 0 Å². The standard InChI is InChI=1S/C25H29N3O4/c1-5-28(6-2)19-12-10-18(11-13-19)27-23-20-15-17(24(29)31-7-3)9-14-22(20)26-16-21(23)25(30)32-8-4/h9-16H,5-8H2,1-4H3,(H,26,27). The molecular weight excluding hydrogens is 406 g/mol. The second-order valence-corrected chi connectivity index (χ2v) is 7.06. The summed E-state index contributed by atoms with van der Waals surface area (Å²) in [5, 5.41) is 3.98. The molecule has 2 aromatic carbocycles. The van der Waals surface area contributed by atoms with E-state index < -0.39 is 11.9 Å². The Morgan fingerprint density at radius 2 is 1.56 bits per heavy atom. The van der Waals surface area contributed by atoms with Crippen molar-refractivity contribution in [3.8, 4) is 0 Å². The van der Waals surface area contributed by atoms with Crippen LogP contribution < -0.4 is 10.2 Å². The lowest BCUT2D eigenvalue weighted by Gasteiger charge is -2.21. The maximum absolute atomic E-state index is 12.6. The number of hydrogen-bond donors (Lipinski definition) is 1. The maximum Gasteiger partial charge on any atom is 0.341 e. The van der Waals surface area contributed by atoms with Crippen molar-refractivity contribution in [2.45, 2.75) is 27.7 Å². The third kappa shape index (κ3) is 4.99. The number of anilines is 3. The molecule has 0 aliphatic rings. The molecule has 0 aliphatic carbocycles. The Bertz CT molecular complexity index is 1090. The van der Waals surface area contributed by atoms with Gasteiger partial charge < -0.3 is 19.7 Å². The number of hydrogen-bond acceptors (Lipinski definition) is 7. The topological polar surface area (TPSA) is 80.8 Å². The van der Waals surface area contributed by atoms with E-state index in [0.717, 1.165) is 24.5 Å². The number of ether oxygens (including phenoxy) is 2. The summed E-state index contributed by atoms with van der Waals surface area (Å²) < 4.78 is 10.4. The van der Waals surface area contributed by atoms with E-state index >= 15 is 0 Å². The fourth-order valence-corrected chi connectivity index (χ4v) is 3.52. The van der Waals surface area contributed by atoms with Crippen LogP contribution >= 0.6 is 0 Å². The molecule has 1 aromatic heterocycles. The predicted octanol–water partition coefficient (Wildman–Crippen LogP) is 5.18. The van der Waals surface area contributed by atoms with E-state index in [2.05, 4.69) is 29.0 Å². The molecule has 168 valence electrons. The SMILES string of the molecule is CCOC(=O)c1ccc2ncc(C(=O)OCC)c(Nc3ccc(N(CC)CC)cc3)c2c1. The fourth-order valence-electron chi connectivity index (χ4n) is 3.52. The number of carbonyl (C=O) groups excluding carboxylic acids is 2. The molecule has 0 spiro atoms. The molecule has 0 atom stereocenters. The Morgan fingerprint density at radius 3 is 2.19 bits per heavy atom. The summed E-state index contributed by atoms with van der Waals surface area (Å²) in [6.07, 6.45) is 1.50. The van der Waals surface area contributed by atoms with Crippen LogP contribution in [0.1, 0.15) is 48.4 Å². The molecule has 0 aliphatic heterocycles. The third-order valence-electron chi connectivity index (χ3n) is 5.14. The summed E-state index contributed by atoms with van der Waals surface area (Å²) in [6.45, 7) is 10.1. The van der Waals surface area contributed by atoms with Crippen LogP contribution in [0.25, 0.3) is 10.9 Å². The first-order valence-corrected chi connectivity index (χ1v) is 10.9. The van der Waals surface area contributed by atoms with Crippen molar-refractivity contribution in [3.05, 3.63) is 59.8 Å².